The van der Waals surface area contributed by atoms with Crippen molar-refractivity contribution in [3.05, 3.63) is 115 Å². The maximum absolute atomic E-state index is 8.55. The van der Waals surface area contributed by atoms with Gasteiger partial charge in [0.05, 0.1) is 5.69 Å². The van der Waals surface area contributed by atoms with E-state index in [1.165, 1.54) is 52.8 Å². The highest BCUT2D eigenvalue weighted by Crippen LogP contribution is 2.46. The predicted molar refractivity (Wildman–Crippen MR) is 157 cm³/mol. The molecule has 2 heterocycles. The van der Waals surface area contributed by atoms with Gasteiger partial charge in [-0.3, -0.25) is 4.98 Å². The maximum atomic E-state index is 8.55. The average Bonchev–Trinajstić information content (AvgIpc) is 3.30. The number of nitrogens with zero attached hydrogens (tertiary/aromatic N) is 1. The summed E-state index contributed by atoms with van der Waals surface area (Å²) in [5, 5.41) is 7.65. The van der Waals surface area contributed by atoms with Gasteiger partial charge in [-0.15, -0.1) is 11.3 Å². The molecule has 0 unspecified atom stereocenters. The largest absolute Gasteiger partial charge is 0.256 e. The van der Waals surface area contributed by atoms with Gasteiger partial charge < -0.3 is 0 Å². The van der Waals surface area contributed by atoms with Crippen molar-refractivity contribution in [2.45, 2.75) is 19.7 Å². The molecule has 5 aromatic carbocycles. The van der Waals surface area contributed by atoms with E-state index in [9.17, 15) is 0 Å². The molecule has 1 nitrogen and oxygen atoms in total. The number of fused-ring (bicyclic) bond motifs is 6. The molecule has 7 rings (SSSR count). The zero-order valence-corrected chi connectivity index (χ0v) is 21.1. The first-order valence-electron chi connectivity index (χ1n) is 12.8. The standard InChI is InChI=1S/C34H25NS/c1-21(2)24-16-17-35-31(19-24)28-15-14-27(22-8-4-3-5-9-22)33-30-18-25-13-12-23-10-6-7-11-26(23)29(25)20-32(30)36-34(28)33/h3-21H,1-2H3/i21D. The summed E-state index contributed by atoms with van der Waals surface area (Å²) in [4.78, 5) is 4.77. The van der Waals surface area contributed by atoms with Gasteiger partial charge >= 0.3 is 0 Å². The van der Waals surface area contributed by atoms with Crippen molar-refractivity contribution in [3.8, 4) is 22.4 Å². The molecule has 7 aromatic rings. The van der Waals surface area contributed by atoms with Crippen LogP contribution in [0.1, 0.15) is 26.7 Å². The van der Waals surface area contributed by atoms with Gasteiger partial charge in [0.1, 0.15) is 0 Å². The summed E-state index contributed by atoms with van der Waals surface area (Å²) < 4.78 is 11.1. The van der Waals surface area contributed by atoms with E-state index in [1.807, 2.05) is 37.4 Å². The summed E-state index contributed by atoms with van der Waals surface area (Å²) in [5.41, 5.74) is 5.46. The highest BCUT2D eigenvalue weighted by molar-refractivity contribution is 7.26. The van der Waals surface area contributed by atoms with Crippen molar-refractivity contribution in [2.75, 3.05) is 0 Å². The van der Waals surface area contributed by atoms with E-state index in [2.05, 4.69) is 97.1 Å². The predicted octanol–water partition coefficient (Wildman–Crippen LogP) is 10.2. The Kier molecular flexibility index (Phi) is 4.65. The van der Waals surface area contributed by atoms with Gasteiger partial charge in [0.15, 0.2) is 0 Å². The molecular weight excluding hydrogens is 454 g/mol. The molecule has 2 aromatic heterocycles. The number of thiophene rings is 1. The number of aromatic nitrogens is 1. The smallest absolute Gasteiger partial charge is 0.0719 e. The highest BCUT2D eigenvalue weighted by Gasteiger charge is 2.17. The van der Waals surface area contributed by atoms with E-state index in [1.54, 1.807) is 0 Å². The molecule has 0 atom stereocenters. The van der Waals surface area contributed by atoms with Crippen LogP contribution in [0.4, 0.5) is 0 Å². The van der Waals surface area contributed by atoms with Crippen LogP contribution in [0.25, 0.3) is 64.1 Å². The Morgan fingerprint density at radius 1 is 0.694 bits per heavy atom. The van der Waals surface area contributed by atoms with Gasteiger partial charge in [0.2, 0.25) is 0 Å². The number of hydrogen-bond acceptors (Lipinski definition) is 2. The van der Waals surface area contributed by atoms with Crippen LogP contribution in [0.15, 0.2) is 109 Å². The number of hydrogen-bond donors (Lipinski definition) is 0. The van der Waals surface area contributed by atoms with Crippen molar-refractivity contribution in [2.24, 2.45) is 0 Å². The first-order valence-corrected chi connectivity index (χ1v) is 13.1. The van der Waals surface area contributed by atoms with E-state index in [0.29, 0.717) is 0 Å². The Balaban J connectivity index is 1.59. The molecule has 0 bridgehead atoms. The maximum Gasteiger partial charge on any atom is 0.0719 e. The van der Waals surface area contributed by atoms with E-state index in [0.717, 1.165) is 16.8 Å². The zero-order chi connectivity index (χ0) is 25.1. The zero-order valence-electron chi connectivity index (χ0n) is 21.2. The van der Waals surface area contributed by atoms with Crippen LogP contribution in [-0.2, 0) is 0 Å². The fourth-order valence-electron chi connectivity index (χ4n) is 5.33. The minimum absolute atomic E-state index is 0.681. The molecule has 0 N–H and O–H groups in total. The van der Waals surface area contributed by atoms with Crippen LogP contribution in [0.3, 0.4) is 0 Å². The lowest BCUT2D eigenvalue weighted by atomic mass is 9.94. The van der Waals surface area contributed by atoms with Gasteiger partial charge in [-0.05, 0) is 68.4 Å². The van der Waals surface area contributed by atoms with Crippen molar-refractivity contribution in [1.82, 2.24) is 4.98 Å². The third-order valence-corrected chi connectivity index (χ3v) is 8.37. The molecule has 172 valence electrons. The van der Waals surface area contributed by atoms with E-state index in [-0.39, 0.29) is 0 Å². The molecule has 0 spiro atoms. The fraction of sp³-hybridized carbons (Fsp3) is 0.0882. The molecule has 0 saturated carbocycles. The van der Waals surface area contributed by atoms with Crippen LogP contribution < -0.4 is 0 Å². The van der Waals surface area contributed by atoms with Crippen molar-refractivity contribution >= 4 is 53.1 Å². The SMILES string of the molecule is [2H]C(C)(C)c1ccnc(-c2ccc(-c3ccccc3)c3c2sc2cc4c(ccc5ccccc54)cc23)c1. The summed E-state index contributed by atoms with van der Waals surface area (Å²) in [7, 11) is 0. The second-order valence-corrected chi connectivity index (χ2v) is 10.7. The lowest BCUT2D eigenvalue weighted by Crippen LogP contribution is -1.91. The number of benzene rings is 5. The second kappa shape index (κ2) is 8.29. The molecule has 0 aliphatic heterocycles. The summed E-state index contributed by atoms with van der Waals surface area (Å²) in [6, 6.07) is 37.0. The molecule has 0 aliphatic rings. The van der Waals surface area contributed by atoms with Gasteiger partial charge in [-0.2, -0.15) is 0 Å². The summed E-state index contributed by atoms with van der Waals surface area (Å²) in [5.74, 6) is -0.681. The minimum Gasteiger partial charge on any atom is -0.256 e. The Morgan fingerprint density at radius 3 is 2.33 bits per heavy atom. The normalized spacial score (nSPS) is 12.6. The third kappa shape index (κ3) is 3.33. The van der Waals surface area contributed by atoms with Gasteiger partial charge in [0, 0.05) is 33.3 Å². The molecule has 2 heteroatoms. The Labute approximate surface area is 216 Å². The van der Waals surface area contributed by atoms with Crippen LogP contribution in [0.2, 0.25) is 0 Å². The van der Waals surface area contributed by atoms with Crippen LogP contribution >= 0.6 is 11.3 Å². The summed E-state index contributed by atoms with van der Waals surface area (Å²) in [6.45, 7) is 3.85. The van der Waals surface area contributed by atoms with Gasteiger partial charge in [0.25, 0.3) is 0 Å². The van der Waals surface area contributed by atoms with Crippen molar-refractivity contribution < 1.29 is 1.37 Å². The number of pyridine rings is 1. The first-order chi connectivity index (χ1) is 18.0. The Bertz CT molecular complexity index is 1960. The van der Waals surface area contributed by atoms with E-state index >= 15 is 0 Å². The second-order valence-electron chi connectivity index (χ2n) is 9.62. The first kappa shape index (κ1) is 20.2. The molecule has 36 heavy (non-hydrogen) atoms. The molecular formula is C34H25NS. The van der Waals surface area contributed by atoms with Gasteiger partial charge in [-0.25, -0.2) is 0 Å². The Hall–Kier alpha value is -4.01. The number of rotatable bonds is 3. The third-order valence-electron chi connectivity index (χ3n) is 7.18. The molecule has 0 saturated heterocycles. The van der Waals surface area contributed by atoms with Crippen molar-refractivity contribution in [1.29, 1.82) is 0 Å². The average molecular weight is 481 g/mol. The topological polar surface area (TPSA) is 12.9 Å². The Morgan fingerprint density at radius 2 is 1.47 bits per heavy atom. The molecule has 0 aliphatic carbocycles. The van der Waals surface area contributed by atoms with E-state index in [4.69, 9.17) is 6.35 Å². The molecule has 0 radical (unpaired) electrons. The quantitative estimate of drug-likeness (QED) is 0.229. The van der Waals surface area contributed by atoms with E-state index < -0.39 is 5.89 Å². The molecule has 0 fully saturated rings. The lowest BCUT2D eigenvalue weighted by Gasteiger charge is -2.11. The molecule has 0 amide bonds. The monoisotopic (exact) mass is 480 g/mol. The lowest BCUT2D eigenvalue weighted by molar-refractivity contribution is 0.864. The van der Waals surface area contributed by atoms with Crippen molar-refractivity contribution in [3.63, 3.8) is 0 Å². The summed E-state index contributed by atoms with van der Waals surface area (Å²) >= 11 is 1.84. The van der Waals surface area contributed by atoms with Crippen LogP contribution in [0, 0.1) is 0 Å². The fourth-order valence-corrected chi connectivity index (χ4v) is 6.60. The van der Waals surface area contributed by atoms with Crippen LogP contribution in [0.5, 0.6) is 0 Å². The van der Waals surface area contributed by atoms with Gasteiger partial charge in [-0.1, -0.05) is 92.7 Å². The minimum atomic E-state index is -0.681. The summed E-state index contributed by atoms with van der Waals surface area (Å²) in [6.07, 6.45) is 1.84. The van der Waals surface area contributed by atoms with Crippen LogP contribution in [-0.4, -0.2) is 4.98 Å². The highest BCUT2D eigenvalue weighted by atomic mass is 32.1.